The first kappa shape index (κ1) is 16.0. The predicted molar refractivity (Wildman–Crippen MR) is 76.7 cm³/mol. The van der Waals surface area contributed by atoms with Crippen molar-refractivity contribution in [2.24, 2.45) is 5.73 Å². The van der Waals surface area contributed by atoms with E-state index in [4.69, 9.17) is 19.9 Å². The van der Waals surface area contributed by atoms with E-state index in [9.17, 15) is 0 Å². The zero-order chi connectivity index (χ0) is 13.9. The lowest BCUT2D eigenvalue weighted by Gasteiger charge is -2.08. The molecule has 1 aromatic rings. The molecule has 19 heavy (non-hydrogen) atoms. The van der Waals surface area contributed by atoms with Crippen molar-refractivity contribution in [3.63, 3.8) is 0 Å². The molecule has 0 spiro atoms. The zero-order valence-corrected chi connectivity index (χ0v) is 12.0. The molecular weight excluding hydrogens is 242 g/mol. The van der Waals surface area contributed by atoms with Crippen molar-refractivity contribution in [2.75, 3.05) is 39.6 Å². The Kier molecular flexibility index (Phi) is 8.21. The van der Waals surface area contributed by atoms with Gasteiger partial charge in [0, 0.05) is 19.6 Å². The molecule has 0 saturated heterocycles. The van der Waals surface area contributed by atoms with Crippen LogP contribution < -0.4 is 10.5 Å². The monoisotopic (exact) mass is 267 g/mol. The second-order valence-electron chi connectivity index (χ2n) is 4.54. The first-order valence-corrected chi connectivity index (χ1v) is 6.79. The highest BCUT2D eigenvalue weighted by Gasteiger charge is 1.97. The van der Waals surface area contributed by atoms with Crippen LogP contribution in [-0.2, 0) is 9.47 Å². The lowest BCUT2D eigenvalue weighted by atomic mass is 10.1. The van der Waals surface area contributed by atoms with Crippen LogP contribution >= 0.6 is 0 Å². The summed E-state index contributed by atoms with van der Waals surface area (Å²) in [7, 11) is 0. The van der Waals surface area contributed by atoms with Gasteiger partial charge in [0.15, 0.2) is 0 Å². The quantitative estimate of drug-likeness (QED) is 0.659. The third-order valence-corrected chi connectivity index (χ3v) is 2.53. The molecule has 0 aliphatic rings. The number of rotatable bonds is 10. The summed E-state index contributed by atoms with van der Waals surface area (Å²) >= 11 is 0. The van der Waals surface area contributed by atoms with E-state index in [1.54, 1.807) is 0 Å². The maximum absolute atomic E-state index is 5.68. The maximum Gasteiger partial charge on any atom is 0.119 e. The summed E-state index contributed by atoms with van der Waals surface area (Å²) in [5.41, 5.74) is 7.75. The molecule has 0 aromatic heterocycles. The molecule has 0 radical (unpaired) electrons. The number of benzene rings is 1. The third kappa shape index (κ3) is 7.82. The average molecular weight is 267 g/mol. The molecule has 0 heterocycles. The van der Waals surface area contributed by atoms with Gasteiger partial charge in [-0.15, -0.1) is 0 Å². The first-order valence-electron chi connectivity index (χ1n) is 6.79. The van der Waals surface area contributed by atoms with E-state index in [1.165, 1.54) is 11.1 Å². The lowest BCUT2D eigenvalue weighted by Crippen LogP contribution is -2.12. The van der Waals surface area contributed by atoms with Gasteiger partial charge >= 0.3 is 0 Å². The molecule has 2 N–H and O–H groups in total. The number of hydrogen-bond acceptors (Lipinski definition) is 4. The van der Waals surface area contributed by atoms with Crippen LogP contribution in [0.25, 0.3) is 0 Å². The Morgan fingerprint density at radius 1 is 0.842 bits per heavy atom. The van der Waals surface area contributed by atoms with Crippen molar-refractivity contribution in [1.29, 1.82) is 0 Å². The number of ether oxygens (including phenoxy) is 3. The minimum Gasteiger partial charge on any atom is -0.493 e. The van der Waals surface area contributed by atoms with Crippen LogP contribution in [0.15, 0.2) is 18.2 Å². The standard InChI is InChI=1S/C15H25NO3/c1-13-10-14(2)12-15(11-13)19-6-3-5-17-8-9-18-7-4-16/h10-12H,3-9,16H2,1-2H3. The van der Waals surface area contributed by atoms with Crippen molar-refractivity contribution >= 4 is 0 Å². The molecule has 4 heteroatoms. The topological polar surface area (TPSA) is 53.7 Å². The van der Waals surface area contributed by atoms with Gasteiger partial charge in [0.1, 0.15) is 5.75 Å². The minimum atomic E-state index is 0.559. The van der Waals surface area contributed by atoms with Gasteiger partial charge in [-0.1, -0.05) is 6.07 Å². The highest BCUT2D eigenvalue weighted by atomic mass is 16.5. The van der Waals surface area contributed by atoms with Crippen LogP contribution in [0.2, 0.25) is 0 Å². The Morgan fingerprint density at radius 3 is 2.11 bits per heavy atom. The Hall–Kier alpha value is -1.10. The molecule has 0 unspecified atom stereocenters. The average Bonchev–Trinajstić information content (AvgIpc) is 2.36. The highest BCUT2D eigenvalue weighted by Crippen LogP contribution is 2.16. The molecule has 0 fully saturated rings. The van der Waals surface area contributed by atoms with Crippen LogP contribution in [0.3, 0.4) is 0 Å². The van der Waals surface area contributed by atoms with Gasteiger partial charge in [0.05, 0.1) is 26.4 Å². The summed E-state index contributed by atoms with van der Waals surface area (Å²) in [5, 5.41) is 0. The minimum absolute atomic E-state index is 0.559. The smallest absolute Gasteiger partial charge is 0.119 e. The van der Waals surface area contributed by atoms with E-state index < -0.39 is 0 Å². The number of aryl methyl sites for hydroxylation is 2. The first-order chi connectivity index (χ1) is 9.22. The van der Waals surface area contributed by atoms with E-state index in [-0.39, 0.29) is 0 Å². The fourth-order valence-electron chi connectivity index (χ4n) is 1.77. The van der Waals surface area contributed by atoms with Crippen LogP contribution in [0.4, 0.5) is 0 Å². The lowest BCUT2D eigenvalue weighted by molar-refractivity contribution is 0.0463. The van der Waals surface area contributed by atoms with Gasteiger partial charge in [-0.05, 0) is 37.1 Å². The van der Waals surface area contributed by atoms with E-state index in [2.05, 4.69) is 32.0 Å². The van der Waals surface area contributed by atoms with Crippen molar-refractivity contribution in [3.8, 4) is 5.75 Å². The zero-order valence-electron chi connectivity index (χ0n) is 12.0. The van der Waals surface area contributed by atoms with Crippen molar-refractivity contribution in [2.45, 2.75) is 20.3 Å². The molecule has 0 bridgehead atoms. The van der Waals surface area contributed by atoms with Gasteiger partial charge in [-0.2, -0.15) is 0 Å². The van der Waals surface area contributed by atoms with Gasteiger partial charge in [0.25, 0.3) is 0 Å². The molecule has 1 aromatic carbocycles. The fraction of sp³-hybridized carbons (Fsp3) is 0.600. The summed E-state index contributed by atoms with van der Waals surface area (Å²) in [6.07, 6.45) is 0.879. The van der Waals surface area contributed by atoms with Crippen LogP contribution in [-0.4, -0.2) is 39.6 Å². The van der Waals surface area contributed by atoms with Gasteiger partial charge in [-0.3, -0.25) is 0 Å². The largest absolute Gasteiger partial charge is 0.493 e. The van der Waals surface area contributed by atoms with Gasteiger partial charge in [-0.25, -0.2) is 0 Å². The van der Waals surface area contributed by atoms with E-state index in [1.807, 2.05) is 0 Å². The van der Waals surface area contributed by atoms with Crippen molar-refractivity contribution in [1.82, 2.24) is 0 Å². The van der Waals surface area contributed by atoms with Crippen LogP contribution in [0.1, 0.15) is 17.5 Å². The Labute approximate surface area is 115 Å². The Bertz CT molecular complexity index is 335. The van der Waals surface area contributed by atoms with Crippen molar-refractivity contribution < 1.29 is 14.2 Å². The highest BCUT2D eigenvalue weighted by molar-refractivity contribution is 5.32. The molecule has 0 saturated carbocycles. The summed E-state index contributed by atoms with van der Waals surface area (Å²) in [5.74, 6) is 0.934. The summed E-state index contributed by atoms with van der Waals surface area (Å²) < 4.78 is 16.3. The van der Waals surface area contributed by atoms with E-state index in [0.29, 0.717) is 39.6 Å². The Balaban J connectivity index is 2.01. The third-order valence-electron chi connectivity index (χ3n) is 2.53. The second-order valence-corrected chi connectivity index (χ2v) is 4.54. The summed E-state index contributed by atoms with van der Waals surface area (Å²) in [4.78, 5) is 0. The summed E-state index contributed by atoms with van der Waals surface area (Å²) in [6, 6.07) is 6.24. The SMILES string of the molecule is Cc1cc(C)cc(OCCCOCCOCCN)c1. The molecular formula is C15H25NO3. The van der Waals surface area contributed by atoms with Gasteiger partial charge in [0.2, 0.25) is 0 Å². The molecule has 108 valence electrons. The maximum atomic E-state index is 5.68. The van der Waals surface area contributed by atoms with Crippen molar-refractivity contribution in [3.05, 3.63) is 29.3 Å². The molecule has 0 aliphatic heterocycles. The van der Waals surface area contributed by atoms with E-state index >= 15 is 0 Å². The number of hydrogen-bond donors (Lipinski definition) is 1. The van der Waals surface area contributed by atoms with Crippen LogP contribution in [0.5, 0.6) is 5.75 Å². The van der Waals surface area contributed by atoms with E-state index in [0.717, 1.165) is 12.2 Å². The predicted octanol–water partition coefficient (Wildman–Crippen LogP) is 2.06. The number of nitrogens with two attached hydrogens (primary N) is 1. The fourth-order valence-corrected chi connectivity index (χ4v) is 1.77. The molecule has 0 aliphatic carbocycles. The molecule has 0 atom stereocenters. The normalized spacial score (nSPS) is 10.7. The molecule has 0 amide bonds. The molecule has 1 rings (SSSR count). The summed E-state index contributed by atoms with van der Waals surface area (Å²) in [6.45, 7) is 7.89. The second kappa shape index (κ2) is 9.78. The van der Waals surface area contributed by atoms with Crippen LogP contribution in [0, 0.1) is 13.8 Å². The molecule has 4 nitrogen and oxygen atoms in total. The Morgan fingerprint density at radius 2 is 1.47 bits per heavy atom. The van der Waals surface area contributed by atoms with Gasteiger partial charge < -0.3 is 19.9 Å².